The van der Waals surface area contributed by atoms with Crippen LogP contribution in [0.25, 0.3) is 5.57 Å². The quantitative estimate of drug-likeness (QED) is 0.400. The third-order valence-corrected chi connectivity index (χ3v) is 6.07. The Hall–Kier alpha value is -3.16. The van der Waals surface area contributed by atoms with Crippen molar-refractivity contribution in [3.05, 3.63) is 92.9 Å². The number of fused-ring (bicyclic) bond motifs is 1. The maximum atomic E-state index is 11.8. The lowest BCUT2D eigenvalue weighted by Crippen LogP contribution is -2.22. The zero-order valence-electron chi connectivity index (χ0n) is 17.4. The number of nitrogens with zero attached hydrogens (tertiary/aromatic N) is 1. The molecule has 1 heterocycles. The molecule has 4 heteroatoms. The number of hydrogen-bond donors (Lipinski definition) is 0. The molecule has 4 rings (SSSR count). The first kappa shape index (κ1) is 20.1. The average molecular weight is 414 g/mol. The van der Waals surface area contributed by atoms with Crippen molar-refractivity contribution in [2.24, 2.45) is 0 Å². The summed E-state index contributed by atoms with van der Waals surface area (Å²) >= 11 is 1.67. The lowest BCUT2D eigenvalue weighted by atomic mass is 9.73. The van der Waals surface area contributed by atoms with Gasteiger partial charge in [-0.25, -0.2) is 9.78 Å². The highest BCUT2D eigenvalue weighted by molar-refractivity contribution is 7.10. The van der Waals surface area contributed by atoms with E-state index in [2.05, 4.69) is 54.9 Å². The normalized spacial score (nSPS) is 14.2. The van der Waals surface area contributed by atoms with Gasteiger partial charge < -0.3 is 4.74 Å². The standard InChI is InChI=1S/C26H23NO2S/c1-4-29-25(28)20-10-7-18(8-11-20)5-6-19-9-12-21-22(24-27-15-16-30-24)13-14-26(2,3)23(21)17-19/h7-13,15-17H,4,14H2,1-3H3. The van der Waals surface area contributed by atoms with Gasteiger partial charge in [-0.2, -0.15) is 0 Å². The molecule has 3 aromatic rings. The Balaban J connectivity index is 1.62. The molecule has 0 saturated heterocycles. The first-order chi connectivity index (χ1) is 14.5. The van der Waals surface area contributed by atoms with Crippen molar-refractivity contribution >= 4 is 22.9 Å². The molecule has 2 aromatic carbocycles. The molecule has 0 N–H and O–H groups in total. The summed E-state index contributed by atoms with van der Waals surface area (Å²) in [5.41, 5.74) is 6.20. The summed E-state index contributed by atoms with van der Waals surface area (Å²) in [5.74, 6) is 6.17. The van der Waals surface area contributed by atoms with Crippen LogP contribution in [-0.4, -0.2) is 17.6 Å². The molecule has 3 nitrogen and oxygen atoms in total. The zero-order valence-corrected chi connectivity index (χ0v) is 18.2. The van der Waals surface area contributed by atoms with E-state index in [1.54, 1.807) is 30.4 Å². The molecule has 30 heavy (non-hydrogen) atoms. The first-order valence-corrected chi connectivity index (χ1v) is 10.9. The highest BCUT2D eigenvalue weighted by Crippen LogP contribution is 2.42. The van der Waals surface area contributed by atoms with Crippen LogP contribution in [0.15, 0.2) is 60.1 Å². The van der Waals surface area contributed by atoms with Gasteiger partial charge in [0.15, 0.2) is 0 Å². The van der Waals surface area contributed by atoms with Gasteiger partial charge in [-0.1, -0.05) is 37.8 Å². The second-order valence-electron chi connectivity index (χ2n) is 7.85. The number of carbonyl (C=O) groups is 1. The molecule has 0 unspecified atom stereocenters. The van der Waals surface area contributed by atoms with Crippen LogP contribution < -0.4 is 0 Å². The maximum absolute atomic E-state index is 11.8. The topological polar surface area (TPSA) is 39.2 Å². The zero-order chi connectivity index (χ0) is 21.1. The van der Waals surface area contributed by atoms with E-state index in [1.807, 2.05) is 23.7 Å². The fraction of sp³-hybridized carbons (Fsp3) is 0.231. The molecule has 1 aliphatic rings. The largest absolute Gasteiger partial charge is 0.462 e. The van der Waals surface area contributed by atoms with E-state index >= 15 is 0 Å². The van der Waals surface area contributed by atoms with Crippen LogP contribution in [0.3, 0.4) is 0 Å². The highest BCUT2D eigenvalue weighted by Gasteiger charge is 2.29. The molecule has 0 bridgehead atoms. The van der Waals surface area contributed by atoms with Crippen molar-refractivity contribution in [1.82, 2.24) is 4.98 Å². The monoisotopic (exact) mass is 413 g/mol. The molecule has 0 atom stereocenters. The van der Waals surface area contributed by atoms with Crippen LogP contribution >= 0.6 is 11.3 Å². The van der Waals surface area contributed by atoms with Crippen molar-refractivity contribution in [1.29, 1.82) is 0 Å². The number of hydrogen-bond acceptors (Lipinski definition) is 4. The molecule has 150 valence electrons. The van der Waals surface area contributed by atoms with Gasteiger partial charge in [0.2, 0.25) is 0 Å². The molecular formula is C26H23NO2S. The molecule has 0 spiro atoms. The van der Waals surface area contributed by atoms with E-state index in [0.29, 0.717) is 12.2 Å². The van der Waals surface area contributed by atoms with Crippen molar-refractivity contribution < 1.29 is 9.53 Å². The van der Waals surface area contributed by atoms with Crippen molar-refractivity contribution in [2.75, 3.05) is 6.61 Å². The lowest BCUT2D eigenvalue weighted by Gasteiger charge is -2.31. The van der Waals surface area contributed by atoms with Crippen LogP contribution in [-0.2, 0) is 10.2 Å². The summed E-state index contributed by atoms with van der Waals surface area (Å²) in [5, 5.41) is 3.08. The predicted octanol–water partition coefficient (Wildman–Crippen LogP) is 5.83. The first-order valence-electron chi connectivity index (χ1n) is 10.0. The number of esters is 1. The van der Waals surface area contributed by atoms with E-state index in [1.165, 1.54) is 16.7 Å². The number of thiazole rings is 1. The number of ether oxygens (including phenoxy) is 1. The molecule has 1 aromatic heterocycles. The molecule has 0 radical (unpaired) electrons. The van der Waals surface area contributed by atoms with E-state index < -0.39 is 0 Å². The second-order valence-corrected chi connectivity index (χ2v) is 8.75. The van der Waals surface area contributed by atoms with E-state index in [-0.39, 0.29) is 11.4 Å². The minimum atomic E-state index is -0.307. The Morgan fingerprint density at radius 2 is 1.87 bits per heavy atom. The molecule has 1 aliphatic carbocycles. The SMILES string of the molecule is CCOC(=O)c1ccc(C#Cc2ccc3c(c2)C(C)(C)CC=C3c2nccs2)cc1. The Labute approximate surface area is 181 Å². The lowest BCUT2D eigenvalue weighted by molar-refractivity contribution is 0.0526. The minimum absolute atomic E-state index is 0.0507. The number of allylic oxidation sites excluding steroid dienone is 1. The van der Waals surface area contributed by atoms with E-state index in [4.69, 9.17) is 4.74 Å². The molecule has 0 amide bonds. The van der Waals surface area contributed by atoms with Crippen LogP contribution in [0.5, 0.6) is 0 Å². The van der Waals surface area contributed by atoms with Gasteiger partial charge in [0, 0.05) is 28.3 Å². The fourth-order valence-corrected chi connectivity index (χ4v) is 4.29. The van der Waals surface area contributed by atoms with Gasteiger partial charge in [0.1, 0.15) is 5.01 Å². The van der Waals surface area contributed by atoms with Gasteiger partial charge >= 0.3 is 5.97 Å². The summed E-state index contributed by atoms with van der Waals surface area (Å²) in [6.45, 7) is 6.71. The summed E-state index contributed by atoms with van der Waals surface area (Å²) in [6, 6.07) is 13.6. The number of rotatable bonds is 3. The Morgan fingerprint density at radius 1 is 1.13 bits per heavy atom. The number of benzene rings is 2. The Bertz CT molecular complexity index is 1160. The third-order valence-electron chi connectivity index (χ3n) is 5.27. The molecular weight excluding hydrogens is 390 g/mol. The summed E-state index contributed by atoms with van der Waals surface area (Å²) in [6.07, 6.45) is 5.13. The highest BCUT2D eigenvalue weighted by atomic mass is 32.1. The second kappa shape index (κ2) is 8.30. The number of aromatic nitrogens is 1. The summed E-state index contributed by atoms with van der Waals surface area (Å²) in [7, 11) is 0. The Morgan fingerprint density at radius 3 is 2.57 bits per heavy atom. The van der Waals surface area contributed by atoms with Gasteiger partial charge in [0.05, 0.1) is 12.2 Å². The van der Waals surface area contributed by atoms with Crippen LogP contribution in [0.2, 0.25) is 0 Å². The smallest absolute Gasteiger partial charge is 0.338 e. The van der Waals surface area contributed by atoms with Crippen molar-refractivity contribution in [2.45, 2.75) is 32.6 Å². The minimum Gasteiger partial charge on any atom is -0.462 e. The molecule has 0 aliphatic heterocycles. The molecule has 0 saturated carbocycles. The predicted molar refractivity (Wildman–Crippen MR) is 122 cm³/mol. The summed E-state index contributed by atoms with van der Waals surface area (Å²) in [4.78, 5) is 16.3. The fourth-order valence-electron chi connectivity index (χ4n) is 3.60. The van der Waals surface area contributed by atoms with Gasteiger partial charge in [-0.15, -0.1) is 11.3 Å². The molecule has 0 fully saturated rings. The van der Waals surface area contributed by atoms with Crippen LogP contribution in [0, 0.1) is 11.8 Å². The number of carbonyl (C=O) groups excluding carboxylic acids is 1. The van der Waals surface area contributed by atoms with Crippen molar-refractivity contribution in [3.8, 4) is 11.8 Å². The van der Waals surface area contributed by atoms with E-state index in [9.17, 15) is 4.79 Å². The Kier molecular flexibility index (Phi) is 5.57. The van der Waals surface area contributed by atoms with Gasteiger partial charge in [0.25, 0.3) is 0 Å². The van der Waals surface area contributed by atoms with Crippen molar-refractivity contribution in [3.63, 3.8) is 0 Å². The average Bonchev–Trinajstić information content (AvgIpc) is 3.27. The van der Waals surface area contributed by atoms with Crippen LogP contribution in [0.4, 0.5) is 0 Å². The van der Waals surface area contributed by atoms with Gasteiger partial charge in [-0.3, -0.25) is 0 Å². The van der Waals surface area contributed by atoms with Gasteiger partial charge in [-0.05, 0) is 66.3 Å². The maximum Gasteiger partial charge on any atom is 0.338 e. The third kappa shape index (κ3) is 4.08. The summed E-state index contributed by atoms with van der Waals surface area (Å²) < 4.78 is 5.02. The van der Waals surface area contributed by atoms with E-state index in [0.717, 1.165) is 22.6 Å². The van der Waals surface area contributed by atoms with Crippen LogP contribution in [0.1, 0.15) is 64.8 Å².